The largest absolute Gasteiger partial charge is 0.502 e. The minimum atomic E-state index is -0.0127. The van der Waals surface area contributed by atoms with Crippen LogP contribution in [0.5, 0.6) is 17.2 Å². The van der Waals surface area contributed by atoms with E-state index >= 15 is 0 Å². The van der Waals surface area contributed by atoms with Gasteiger partial charge in [-0.05, 0) is 54.8 Å². The van der Waals surface area contributed by atoms with E-state index in [0.717, 1.165) is 36.7 Å². The van der Waals surface area contributed by atoms with Crippen LogP contribution < -0.4 is 20.1 Å². The van der Waals surface area contributed by atoms with E-state index in [1.807, 2.05) is 23.9 Å². The van der Waals surface area contributed by atoms with Gasteiger partial charge in [0, 0.05) is 25.5 Å². The summed E-state index contributed by atoms with van der Waals surface area (Å²) in [5, 5.41) is 20.9. The molecular formula is C23H29N5O3. The number of hydrogen-bond donors (Lipinski definition) is 3. The first-order chi connectivity index (χ1) is 15.1. The molecule has 3 aromatic rings. The van der Waals surface area contributed by atoms with Gasteiger partial charge in [0.05, 0.1) is 26.5 Å². The smallest absolute Gasteiger partial charge is 0.200 e. The zero-order chi connectivity index (χ0) is 22.1. The van der Waals surface area contributed by atoms with Gasteiger partial charge in [0.15, 0.2) is 17.5 Å². The highest BCUT2D eigenvalue weighted by Crippen LogP contribution is 2.37. The number of ether oxygens (including phenoxy) is 2. The molecule has 0 aliphatic carbocycles. The van der Waals surface area contributed by atoms with Gasteiger partial charge in [0.25, 0.3) is 0 Å². The molecule has 0 spiro atoms. The Morgan fingerprint density at radius 1 is 1.06 bits per heavy atom. The first-order valence-electron chi connectivity index (χ1n) is 10.2. The number of phenolic OH excluding ortho intramolecular Hbond substituents is 1. The normalized spacial score (nSPS) is 11.3. The molecule has 3 rings (SSSR count). The third kappa shape index (κ3) is 5.91. The predicted octanol–water partition coefficient (Wildman–Crippen LogP) is 2.89. The van der Waals surface area contributed by atoms with Crippen molar-refractivity contribution in [2.45, 2.75) is 19.9 Å². The summed E-state index contributed by atoms with van der Waals surface area (Å²) in [5.74, 6) is 1.44. The second-order valence-corrected chi connectivity index (χ2v) is 6.84. The summed E-state index contributed by atoms with van der Waals surface area (Å²) in [5.41, 5.74) is 3.14. The van der Waals surface area contributed by atoms with Gasteiger partial charge in [0.1, 0.15) is 0 Å². The zero-order valence-electron chi connectivity index (χ0n) is 18.1. The maximum Gasteiger partial charge on any atom is 0.200 e. The van der Waals surface area contributed by atoms with Gasteiger partial charge < -0.3 is 25.2 Å². The monoisotopic (exact) mass is 423 g/mol. The fraction of sp³-hybridized carbons (Fsp3) is 0.304. The molecule has 1 aromatic heterocycles. The molecule has 0 amide bonds. The third-order valence-electron chi connectivity index (χ3n) is 4.71. The number of hydrogen-bond acceptors (Lipinski definition) is 5. The maximum absolute atomic E-state index is 10.1. The molecule has 0 unspecified atom stereocenters. The predicted molar refractivity (Wildman–Crippen MR) is 121 cm³/mol. The van der Waals surface area contributed by atoms with E-state index < -0.39 is 0 Å². The van der Waals surface area contributed by atoms with Crippen LogP contribution >= 0.6 is 0 Å². The molecule has 0 fully saturated rings. The lowest BCUT2D eigenvalue weighted by atomic mass is 10.1. The fourth-order valence-corrected chi connectivity index (χ4v) is 3.11. The van der Waals surface area contributed by atoms with Crippen LogP contribution in [0.4, 0.5) is 0 Å². The van der Waals surface area contributed by atoms with Crippen molar-refractivity contribution in [1.82, 2.24) is 20.4 Å². The molecule has 0 atom stereocenters. The Morgan fingerprint density at radius 3 is 2.35 bits per heavy atom. The molecule has 0 aliphatic rings. The molecular weight excluding hydrogens is 394 g/mol. The Morgan fingerprint density at radius 2 is 1.77 bits per heavy atom. The Labute approximate surface area is 182 Å². The maximum atomic E-state index is 10.1. The quantitative estimate of drug-likeness (QED) is 0.362. The summed E-state index contributed by atoms with van der Waals surface area (Å²) < 4.78 is 12.3. The number of nitrogens with zero attached hydrogens (tertiary/aromatic N) is 3. The highest BCUT2D eigenvalue weighted by Gasteiger charge is 2.11. The van der Waals surface area contributed by atoms with Crippen LogP contribution in [0.25, 0.3) is 5.69 Å². The topological polar surface area (TPSA) is 92.9 Å². The minimum Gasteiger partial charge on any atom is -0.502 e. The number of aromatic hydroxyl groups is 1. The van der Waals surface area contributed by atoms with Crippen molar-refractivity contribution >= 4 is 5.96 Å². The van der Waals surface area contributed by atoms with Crippen LogP contribution in [0.15, 0.2) is 59.9 Å². The molecule has 164 valence electrons. The van der Waals surface area contributed by atoms with Crippen molar-refractivity contribution in [3.05, 3.63) is 66.0 Å². The molecule has 0 saturated carbocycles. The van der Waals surface area contributed by atoms with E-state index in [0.29, 0.717) is 18.0 Å². The highest BCUT2D eigenvalue weighted by atomic mass is 16.5. The van der Waals surface area contributed by atoms with Crippen molar-refractivity contribution < 1.29 is 14.6 Å². The van der Waals surface area contributed by atoms with E-state index in [-0.39, 0.29) is 5.75 Å². The standard InChI is InChI=1S/C23H29N5O3/c1-4-24-23(26-16-18-14-20(30-2)22(29)21(15-18)31-3)25-12-10-17-6-8-19(9-7-17)28-13-5-11-27-28/h5-9,11,13-15,29H,4,10,12,16H2,1-3H3,(H2,24,25,26). The number of nitrogens with one attached hydrogen (secondary N) is 2. The lowest BCUT2D eigenvalue weighted by molar-refractivity contribution is 0.339. The molecule has 2 aromatic carbocycles. The first-order valence-corrected chi connectivity index (χ1v) is 10.2. The van der Waals surface area contributed by atoms with Gasteiger partial charge in [-0.2, -0.15) is 5.10 Å². The summed E-state index contributed by atoms with van der Waals surface area (Å²) in [6.07, 6.45) is 4.56. The Bertz CT molecular complexity index is 960. The molecule has 0 saturated heterocycles. The number of aliphatic imine (C=N–C) groups is 1. The van der Waals surface area contributed by atoms with Crippen molar-refractivity contribution in [3.8, 4) is 22.9 Å². The summed E-state index contributed by atoms with van der Waals surface area (Å²) >= 11 is 0. The summed E-state index contributed by atoms with van der Waals surface area (Å²) in [7, 11) is 3.02. The van der Waals surface area contributed by atoms with Gasteiger partial charge >= 0.3 is 0 Å². The van der Waals surface area contributed by atoms with Gasteiger partial charge in [-0.25, -0.2) is 9.67 Å². The fourth-order valence-electron chi connectivity index (χ4n) is 3.11. The van der Waals surface area contributed by atoms with E-state index in [4.69, 9.17) is 9.47 Å². The van der Waals surface area contributed by atoms with E-state index in [1.54, 1.807) is 18.3 Å². The molecule has 0 bridgehead atoms. The van der Waals surface area contributed by atoms with E-state index in [2.05, 4.69) is 45.0 Å². The Hall–Kier alpha value is -3.68. The van der Waals surface area contributed by atoms with Crippen LogP contribution in [-0.4, -0.2) is 48.2 Å². The number of methoxy groups -OCH3 is 2. The zero-order valence-corrected chi connectivity index (χ0v) is 18.1. The highest BCUT2D eigenvalue weighted by molar-refractivity contribution is 5.79. The minimum absolute atomic E-state index is 0.0127. The number of aromatic nitrogens is 2. The second kappa shape index (κ2) is 10.9. The van der Waals surface area contributed by atoms with Crippen LogP contribution in [-0.2, 0) is 13.0 Å². The van der Waals surface area contributed by atoms with Gasteiger partial charge in [-0.15, -0.1) is 0 Å². The average molecular weight is 424 g/mol. The van der Waals surface area contributed by atoms with Crippen LogP contribution in [0, 0.1) is 0 Å². The first kappa shape index (κ1) is 22.0. The van der Waals surface area contributed by atoms with E-state index in [1.165, 1.54) is 19.8 Å². The lowest BCUT2D eigenvalue weighted by Crippen LogP contribution is -2.38. The van der Waals surface area contributed by atoms with Crippen molar-refractivity contribution in [2.24, 2.45) is 4.99 Å². The summed E-state index contributed by atoms with van der Waals surface area (Å²) in [6.45, 7) is 3.94. The van der Waals surface area contributed by atoms with E-state index in [9.17, 15) is 5.11 Å². The molecule has 1 heterocycles. The number of guanidine groups is 1. The molecule has 0 radical (unpaired) electrons. The Kier molecular flexibility index (Phi) is 7.75. The summed E-state index contributed by atoms with van der Waals surface area (Å²) in [4.78, 5) is 4.63. The van der Waals surface area contributed by atoms with Crippen molar-refractivity contribution in [2.75, 3.05) is 27.3 Å². The van der Waals surface area contributed by atoms with Gasteiger partial charge in [-0.3, -0.25) is 0 Å². The Balaban J connectivity index is 1.59. The van der Waals surface area contributed by atoms with Crippen LogP contribution in [0.3, 0.4) is 0 Å². The van der Waals surface area contributed by atoms with Crippen LogP contribution in [0.2, 0.25) is 0 Å². The van der Waals surface area contributed by atoms with Crippen LogP contribution in [0.1, 0.15) is 18.1 Å². The number of rotatable bonds is 9. The summed E-state index contributed by atoms with van der Waals surface area (Å²) in [6, 6.07) is 13.8. The third-order valence-corrected chi connectivity index (χ3v) is 4.71. The van der Waals surface area contributed by atoms with Gasteiger partial charge in [0.2, 0.25) is 5.75 Å². The van der Waals surface area contributed by atoms with Crippen molar-refractivity contribution in [1.29, 1.82) is 0 Å². The number of phenols is 1. The molecule has 8 nitrogen and oxygen atoms in total. The second-order valence-electron chi connectivity index (χ2n) is 6.84. The molecule has 0 aliphatic heterocycles. The van der Waals surface area contributed by atoms with Gasteiger partial charge in [-0.1, -0.05) is 12.1 Å². The average Bonchev–Trinajstić information content (AvgIpc) is 3.33. The molecule has 8 heteroatoms. The molecule has 3 N–H and O–H groups in total. The number of benzene rings is 2. The SMILES string of the molecule is CCNC(=NCc1cc(OC)c(O)c(OC)c1)NCCc1ccc(-n2cccn2)cc1. The lowest BCUT2D eigenvalue weighted by Gasteiger charge is -2.13. The molecule has 31 heavy (non-hydrogen) atoms. The van der Waals surface area contributed by atoms with Crippen molar-refractivity contribution in [3.63, 3.8) is 0 Å².